The van der Waals surface area contributed by atoms with Crippen molar-refractivity contribution in [2.24, 2.45) is 0 Å². The van der Waals surface area contributed by atoms with Crippen molar-refractivity contribution in [1.29, 1.82) is 0 Å². The molecule has 126 heavy (non-hydrogen) atoms. The molecule has 3 aliphatic heterocycles. The summed E-state index contributed by atoms with van der Waals surface area (Å²) in [7, 11) is 0. The summed E-state index contributed by atoms with van der Waals surface area (Å²) >= 11 is 0. The van der Waals surface area contributed by atoms with Gasteiger partial charge in [-0.3, -0.25) is 0 Å². The first-order valence-corrected chi connectivity index (χ1v) is 48.5. The Balaban J connectivity index is 0.891. The molecule has 656 valence electrons. The number of rotatable bonds is 48. The van der Waals surface area contributed by atoms with Gasteiger partial charge in [-0.1, -0.05) is 301 Å². The first-order chi connectivity index (χ1) is 62.2. The average molecular weight is 1690 g/mol. The molecule has 0 spiro atoms. The quantitative estimate of drug-likeness (QED) is 0.0208. The molecule has 0 radical (unpaired) electrons. The number of aromatic amines is 4. The van der Waals surface area contributed by atoms with Crippen molar-refractivity contribution in [3.8, 4) is 114 Å². The third-order valence-corrected chi connectivity index (χ3v) is 25.3. The standard InChI is InChI=1S/C110H130N10O6/c1-7-13-19-25-31-41-57-121-99-65-84-85(66-100(99)122-58-42-32-26-20-14-8-2)95-73-97-88-69-103(125-61-45-35-29-23-17-11-5)104(126-62-46-36-30-24-18-12-6)70-89(88)98(114-97)74-96-87-68-102(124-60-44-34-28-22-16-10-4)101(123-59-43-33-27-21-15-9-3)67-86(87)94(113-96)72-92-83-63-75(53-55-77(83)91(111-92)71-93(84)112-95)51-52-76-54-56-82-90(64-76)110-119-108-81-50-40-39-49-80(81)106(117-108)115-105-78-47-37-38-48-79(78)107(116-105)118-109(82)120-110/h37-40,47-50,53-56,63-74,111,114H,7-36,41-46,57-62H2,1-6H3,(H2,115,116,117,118,119,120). The van der Waals surface area contributed by atoms with Crippen LogP contribution in [0.5, 0.6) is 34.5 Å². The Morgan fingerprint density at radius 2 is 0.484 bits per heavy atom. The van der Waals surface area contributed by atoms with Crippen molar-refractivity contribution in [2.45, 2.75) is 273 Å². The molecule has 0 fully saturated rings. The van der Waals surface area contributed by atoms with E-state index < -0.39 is 0 Å². The van der Waals surface area contributed by atoms with Crippen LogP contribution in [0.25, 0.3) is 156 Å². The van der Waals surface area contributed by atoms with E-state index in [-0.39, 0.29) is 0 Å². The molecule has 0 atom stereocenters. The van der Waals surface area contributed by atoms with Crippen molar-refractivity contribution in [3.05, 3.63) is 157 Å². The summed E-state index contributed by atoms with van der Waals surface area (Å²) in [5.41, 5.74) is 16.7. The lowest BCUT2D eigenvalue weighted by molar-refractivity contribution is 0.258. The van der Waals surface area contributed by atoms with Gasteiger partial charge >= 0.3 is 0 Å². The van der Waals surface area contributed by atoms with Crippen molar-refractivity contribution in [3.63, 3.8) is 0 Å². The van der Waals surface area contributed by atoms with Crippen LogP contribution in [0.4, 0.5) is 0 Å². The van der Waals surface area contributed by atoms with Crippen molar-refractivity contribution < 1.29 is 28.4 Å². The molecule has 14 bridgehead atoms. The monoisotopic (exact) mass is 1690 g/mol. The fourth-order valence-corrected chi connectivity index (χ4v) is 18.1. The zero-order valence-electron chi connectivity index (χ0n) is 75.7. The van der Waals surface area contributed by atoms with Gasteiger partial charge in [0, 0.05) is 110 Å². The highest BCUT2D eigenvalue weighted by atomic mass is 16.5. The van der Waals surface area contributed by atoms with Crippen LogP contribution in [0, 0.1) is 11.8 Å². The topological polar surface area (TPSA) is 196 Å². The van der Waals surface area contributed by atoms with Crippen LogP contribution in [0.15, 0.2) is 146 Å². The smallest absolute Gasteiger partial charge is 0.164 e. The molecule has 4 N–H and O–H groups in total. The Hall–Kier alpha value is -11.4. The van der Waals surface area contributed by atoms with E-state index in [4.69, 9.17) is 58.3 Å². The number of hydrogen-bond acceptors (Lipinski definition) is 12. The number of hydrogen-bond donors (Lipinski definition) is 4. The van der Waals surface area contributed by atoms with Crippen molar-refractivity contribution in [1.82, 2.24) is 49.8 Å². The summed E-state index contributed by atoms with van der Waals surface area (Å²) in [6, 6.07) is 51.4. The number of fused-ring (bicyclic) bond motifs is 35. The van der Waals surface area contributed by atoms with E-state index in [1.807, 2.05) is 24.3 Å². The summed E-state index contributed by atoms with van der Waals surface area (Å²) in [4.78, 5) is 47.7. The fraction of sp³-hybridized carbons (Fsp3) is 0.436. The third-order valence-electron chi connectivity index (χ3n) is 25.3. The second-order valence-electron chi connectivity index (χ2n) is 35.1. The minimum absolute atomic E-state index is 0.574. The molecule has 16 heteroatoms. The minimum atomic E-state index is 0.574. The van der Waals surface area contributed by atoms with Gasteiger partial charge in [0.2, 0.25) is 0 Å². The maximum Gasteiger partial charge on any atom is 0.164 e. The molecule has 3 aliphatic rings. The van der Waals surface area contributed by atoms with Gasteiger partial charge < -0.3 is 48.4 Å². The maximum atomic E-state index is 6.99. The minimum Gasteiger partial charge on any atom is -0.490 e. The first kappa shape index (κ1) is 88.0. The molecule has 0 saturated carbocycles. The summed E-state index contributed by atoms with van der Waals surface area (Å²) in [5.74, 6) is 12.9. The number of H-pyrrole nitrogens is 4. The van der Waals surface area contributed by atoms with Gasteiger partial charge in [0.25, 0.3) is 0 Å². The van der Waals surface area contributed by atoms with Crippen LogP contribution in [0.3, 0.4) is 0 Å². The molecule has 0 amide bonds. The van der Waals surface area contributed by atoms with E-state index in [0.717, 1.165) is 244 Å². The lowest BCUT2D eigenvalue weighted by atomic mass is 10.0. The molecule has 0 aliphatic carbocycles. The van der Waals surface area contributed by atoms with Crippen molar-refractivity contribution >= 4 is 87.7 Å². The van der Waals surface area contributed by atoms with Crippen LogP contribution < -0.4 is 28.4 Å². The number of ether oxygens (including phenoxy) is 6. The normalized spacial score (nSPS) is 11.9. The van der Waals surface area contributed by atoms with Crippen molar-refractivity contribution in [2.75, 3.05) is 39.6 Å². The Morgan fingerprint density at radius 1 is 0.214 bits per heavy atom. The summed E-state index contributed by atoms with van der Waals surface area (Å²) in [6.45, 7) is 17.2. The second-order valence-corrected chi connectivity index (χ2v) is 35.1. The number of nitrogens with one attached hydrogen (secondary N) is 4. The number of benzene rings is 7. The molecule has 7 aromatic carbocycles. The van der Waals surface area contributed by atoms with E-state index in [1.165, 1.54) is 154 Å². The van der Waals surface area contributed by atoms with E-state index in [0.29, 0.717) is 73.9 Å². The Morgan fingerprint density at radius 3 is 0.833 bits per heavy atom. The zero-order chi connectivity index (χ0) is 86.2. The van der Waals surface area contributed by atoms with Crippen LogP contribution in [-0.2, 0) is 0 Å². The molecular weight excluding hydrogens is 1560 g/mol. The SMILES string of the molecule is CCCCCCCCOc1cc2c(cc1OCCCCCCCC)-c1cc3[nH]c(cc4nc(cc5[nH]c(cc-2n1)c1ccc(C#Cc2ccc6c7nc8[nH]c(nc9nc(nc([nH]7)c6c2)-c2ccccc2-9)c2ccccc82)cc51)-c1cc(OCCCCCCCC)c(OCCCCCCCC)cc1-4)c1cc(OCCCCCCCC)c(OCCCCCCCC)cc31. The molecule has 9 heterocycles. The molecule has 0 saturated heterocycles. The first-order valence-electron chi connectivity index (χ1n) is 48.5. The maximum absolute atomic E-state index is 6.99. The Bertz CT molecular complexity index is 6240. The van der Waals surface area contributed by atoms with Crippen LogP contribution in [-0.4, -0.2) is 89.5 Å². The van der Waals surface area contributed by atoms with Crippen LogP contribution >= 0.6 is 0 Å². The summed E-state index contributed by atoms with van der Waals surface area (Å²) < 4.78 is 41.9. The van der Waals surface area contributed by atoms with Crippen LogP contribution in [0.1, 0.15) is 284 Å². The molecule has 16 rings (SSSR count). The lowest BCUT2D eigenvalue weighted by Crippen LogP contribution is -2.03. The van der Waals surface area contributed by atoms with Gasteiger partial charge in [0.1, 0.15) is 22.6 Å². The van der Waals surface area contributed by atoms with E-state index >= 15 is 0 Å². The van der Waals surface area contributed by atoms with Gasteiger partial charge in [-0.15, -0.1) is 0 Å². The van der Waals surface area contributed by atoms with E-state index in [1.54, 1.807) is 0 Å². The molecule has 0 unspecified atom stereocenters. The molecular formula is C110H130N10O6. The summed E-state index contributed by atoms with van der Waals surface area (Å²) in [6.07, 6.45) is 41.7. The predicted molar refractivity (Wildman–Crippen MR) is 522 cm³/mol. The van der Waals surface area contributed by atoms with Crippen LogP contribution in [0.2, 0.25) is 0 Å². The highest BCUT2D eigenvalue weighted by Gasteiger charge is 2.28. The van der Waals surface area contributed by atoms with Gasteiger partial charge in [0.15, 0.2) is 46.1 Å². The average Bonchev–Trinajstić information content (AvgIpc) is 1.59. The van der Waals surface area contributed by atoms with E-state index in [2.05, 4.69) is 195 Å². The molecule has 13 aromatic rings. The Labute approximate surface area is 744 Å². The Kier molecular flexibility index (Phi) is 30.8. The highest BCUT2D eigenvalue weighted by Crippen LogP contribution is 2.49. The van der Waals surface area contributed by atoms with Gasteiger partial charge in [-0.05, 0) is 130 Å². The molecule has 16 nitrogen and oxygen atoms in total. The largest absolute Gasteiger partial charge is 0.490 e. The lowest BCUT2D eigenvalue weighted by Gasteiger charge is -2.15. The second kappa shape index (κ2) is 44.1. The fourth-order valence-electron chi connectivity index (χ4n) is 18.1. The number of aromatic nitrogens is 10. The van der Waals surface area contributed by atoms with Gasteiger partial charge in [-0.25, -0.2) is 29.9 Å². The predicted octanol–water partition coefficient (Wildman–Crippen LogP) is 30.7. The number of unbranched alkanes of at least 4 members (excludes halogenated alkanes) is 30. The molecule has 6 aromatic heterocycles. The summed E-state index contributed by atoms with van der Waals surface area (Å²) in [5, 5.41) is 7.65. The highest BCUT2D eigenvalue weighted by molar-refractivity contribution is 6.13. The number of nitrogens with zero attached hydrogens (tertiary/aromatic N) is 6. The third kappa shape index (κ3) is 21.4. The zero-order valence-corrected chi connectivity index (χ0v) is 75.7. The van der Waals surface area contributed by atoms with Gasteiger partial charge in [0.05, 0.1) is 62.4 Å². The van der Waals surface area contributed by atoms with Gasteiger partial charge in [-0.2, -0.15) is 0 Å². The van der Waals surface area contributed by atoms with E-state index in [9.17, 15) is 0 Å².